The van der Waals surface area contributed by atoms with Gasteiger partial charge < -0.3 is 10.1 Å². The first-order valence-electron chi connectivity index (χ1n) is 7.57. The van der Waals surface area contributed by atoms with Crippen molar-refractivity contribution in [1.29, 1.82) is 5.26 Å². The molecule has 2 aromatic carbocycles. The Kier molecular flexibility index (Phi) is 5.85. The fraction of sp³-hybridized carbons (Fsp3) is 0.211. The van der Waals surface area contributed by atoms with Crippen molar-refractivity contribution >= 4 is 17.4 Å². The molecule has 0 aliphatic rings. The Morgan fingerprint density at radius 2 is 2.04 bits per heavy atom. The van der Waals surface area contributed by atoms with E-state index in [2.05, 4.69) is 5.32 Å². The number of ketones is 1. The van der Waals surface area contributed by atoms with Crippen LogP contribution in [0.4, 0.5) is 10.1 Å². The number of hydrogen-bond donors (Lipinski definition) is 1. The topological polar surface area (TPSA) is 79.2 Å². The van der Waals surface area contributed by atoms with Crippen molar-refractivity contribution in [3.63, 3.8) is 0 Å². The fourth-order valence-corrected chi connectivity index (χ4v) is 2.34. The molecule has 1 N–H and O–H groups in total. The second-order valence-electron chi connectivity index (χ2n) is 5.53. The number of nitrogens with zero attached hydrogens (tertiary/aromatic N) is 1. The van der Waals surface area contributed by atoms with Crippen molar-refractivity contribution in [3.8, 4) is 11.8 Å². The number of anilines is 1. The summed E-state index contributed by atoms with van der Waals surface area (Å²) in [6.45, 7) is 1.86. The van der Waals surface area contributed by atoms with Crippen LogP contribution in [0, 0.1) is 30.0 Å². The van der Waals surface area contributed by atoms with Crippen LogP contribution in [0.1, 0.15) is 11.1 Å². The van der Waals surface area contributed by atoms with Gasteiger partial charge in [-0.25, -0.2) is 4.39 Å². The van der Waals surface area contributed by atoms with Crippen LogP contribution in [0.3, 0.4) is 0 Å². The third-order valence-electron chi connectivity index (χ3n) is 3.59. The molecule has 0 bridgehead atoms. The molecular formula is C19H17FN2O3. The van der Waals surface area contributed by atoms with Gasteiger partial charge in [0.1, 0.15) is 0 Å². The van der Waals surface area contributed by atoms with Gasteiger partial charge in [0.2, 0.25) is 5.91 Å². The van der Waals surface area contributed by atoms with Crippen molar-refractivity contribution < 1.29 is 18.7 Å². The molecule has 1 unspecified atom stereocenters. The Balaban J connectivity index is 2.09. The van der Waals surface area contributed by atoms with Gasteiger partial charge in [-0.2, -0.15) is 5.26 Å². The number of benzene rings is 2. The molecule has 2 aromatic rings. The van der Waals surface area contributed by atoms with Crippen LogP contribution in [-0.4, -0.2) is 18.8 Å². The summed E-state index contributed by atoms with van der Waals surface area (Å²) in [5.74, 6) is -3.31. The standard InChI is InChI=1S/C19H17FN2O3/c1-12-4-3-5-14(8-12)22-19(24)15(11-21)17(23)10-13-6-7-18(25-2)16(20)9-13/h3-9,15H,10H2,1-2H3,(H,22,24). The van der Waals surface area contributed by atoms with E-state index in [4.69, 9.17) is 4.74 Å². The summed E-state index contributed by atoms with van der Waals surface area (Å²) in [5, 5.41) is 11.7. The molecule has 0 aromatic heterocycles. The highest BCUT2D eigenvalue weighted by Gasteiger charge is 2.26. The summed E-state index contributed by atoms with van der Waals surface area (Å²) in [4.78, 5) is 24.5. The molecule has 5 nitrogen and oxygen atoms in total. The maximum Gasteiger partial charge on any atom is 0.249 e. The van der Waals surface area contributed by atoms with E-state index in [0.29, 0.717) is 11.3 Å². The zero-order chi connectivity index (χ0) is 18.4. The quantitative estimate of drug-likeness (QED) is 0.820. The van der Waals surface area contributed by atoms with Crippen molar-refractivity contribution in [1.82, 2.24) is 0 Å². The van der Waals surface area contributed by atoms with E-state index < -0.39 is 23.4 Å². The highest BCUT2D eigenvalue weighted by atomic mass is 19.1. The molecule has 1 amide bonds. The number of amides is 1. The highest BCUT2D eigenvalue weighted by Crippen LogP contribution is 2.19. The van der Waals surface area contributed by atoms with E-state index in [0.717, 1.165) is 11.6 Å². The number of halogens is 1. The number of Topliss-reactive ketones (excluding diaryl/α,β-unsaturated/α-hetero) is 1. The van der Waals surface area contributed by atoms with Gasteiger partial charge in [0.15, 0.2) is 23.3 Å². The number of nitrogens with one attached hydrogen (secondary N) is 1. The van der Waals surface area contributed by atoms with Crippen LogP contribution in [0.2, 0.25) is 0 Å². The maximum absolute atomic E-state index is 13.7. The van der Waals surface area contributed by atoms with Crippen molar-refractivity contribution in [2.75, 3.05) is 12.4 Å². The second kappa shape index (κ2) is 8.06. The number of ether oxygens (including phenoxy) is 1. The first kappa shape index (κ1) is 18.1. The lowest BCUT2D eigenvalue weighted by molar-refractivity contribution is -0.128. The van der Waals surface area contributed by atoms with E-state index in [1.807, 2.05) is 13.0 Å². The summed E-state index contributed by atoms with van der Waals surface area (Å²) in [6, 6.07) is 12.8. The average Bonchev–Trinajstić information content (AvgIpc) is 2.55. The molecule has 2 rings (SSSR count). The minimum atomic E-state index is -1.47. The fourth-order valence-electron chi connectivity index (χ4n) is 2.34. The molecule has 1 atom stereocenters. The van der Waals surface area contributed by atoms with Gasteiger partial charge in [-0.3, -0.25) is 9.59 Å². The molecule has 128 valence electrons. The Morgan fingerprint density at radius 1 is 1.28 bits per heavy atom. The molecule has 0 aliphatic carbocycles. The summed E-state index contributed by atoms with van der Waals surface area (Å²) in [7, 11) is 1.34. The van der Waals surface area contributed by atoms with Gasteiger partial charge in [-0.05, 0) is 42.3 Å². The van der Waals surface area contributed by atoms with Gasteiger partial charge in [0.05, 0.1) is 13.2 Å². The Labute approximate surface area is 145 Å². The summed E-state index contributed by atoms with van der Waals surface area (Å²) < 4.78 is 18.5. The third-order valence-corrected chi connectivity index (χ3v) is 3.59. The lowest BCUT2D eigenvalue weighted by atomic mass is 9.98. The van der Waals surface area contributed by atoms with E-state index in [1.54, 1.807) is 24.3 Å². The summed E-state index contributed by atoms with van der Waals surface area (Å²) in [5.41, 5.74) is 1.81. The number of carbonyl (C=O) groups excluding carboxylic acids is 2. The SMILES string of the molecule is COc1ccc(CC(=O)C(C#N)C(=O)Nc2cccc(C)c2)cc1F. The molecule has 0 saturated heterocycles. The summed E-state index contributed by atoms with van der Waals surface area (Å²) >= 11 is 0. The Hall–Kier alpha value is -3.20. The number of aryl methyl sites for hydroxylation is 1. The van der Waals surface area contributed by atoms with Crippen LogP contribution in [0.25, 0.3) is 0 Å². The first-order chi connectivity index (χ1) is 11.9. The molecule has 0 heterocycles. The van der Waals surface area contributed by atoms with E-state index in [1.165, 1.54) is 19.2 Å². The first-order valence-corrected chi connectivity index (χ1v) is 7.57. The van der Waals surface area contributed by atoms with Crippen LogP contribution in [0.5, 0.6) is 5.75 Å². The number of carbonyl (C=O) groups is 2. The molecule has 0 fully saturated rings. The molecule has 0 spiro atoms. The minimum Gasteiger partial charge on any atom is -0.494 e. The lowest BCUT2D eigenvalue weighted by Gasteiger charge is -2.11. The number of hydrogen-bond acceptors (Lipinski definition) is 4. The Morgan fingerprint density at radius 3 is 2.64 bits per heavy atom. The number of nitriles is 1. The lowest BCUT2D eigenvalue weighted by Crippen LogP contribution is -2.29. The van der Waals surface area contributed by atoms with E-state index in [9.17, 15) is 19.2 Å². The smallest absolute Gasteiger partial charge is 0.249 e. The van der Waals surface area contributed by atoms with Gasteiger partial charge in [0.25, 0.3) is 0 Å². The molecule has 0 radical (unpaired) electrons. The largest absolute Gasteiger partial charge is 0.494 e. The van der Waals surface area contributed by atoms with Gasteiger partial charge in [-0.1, -0.05) is 18.2 Å². The average molecular weight is 340 g/mol. The van der Waals surface area contributed by atoms with Crippen LogP contribution >= 0.6 is 0 Å². The normalized spacial score (nSPS) is 11.3. The van der Waals surface area contributed by atoms with Gasteiger partial charge >= 0.3 is 0 Å². The monoisotopic (exact) mass is 340 g/mol. The van der Waals surface area contributed by atoms with Crippen LogP contribution in [-0.2, 0) is 16.0 Å². The van der Waals surface area contributed by atoms with Crippen molar-refractivity contribution in [3.05, 3.63) is 59.4 Å². The van der Waals surface area contributed by atoms with Crippen LogP contribution in [0.15, 0.2) is 42.5 Å². The third kappa shape index (κ3) is 4.64. The van der Waals surface area contributed by atoms with Crippen molar-refractivity contribution in [2.45, 2.75) is 13.3 Å². The van der Waals surface area contributed by atoms with Crippen LogP contribution < -0.4 is 10.1 Å². The molecule has 0 saturated carbocycles. The number of rotatable bonds is 6. The van der Waals surface area contributed by atoms with Gasteiger partial charge in [-0.15, -0.1) is 0 Å². The molecule has 6 heteroatoms. The van der Waals surface area contributed by atoms with E-state index in [-0.39, 0.29) is 12.2 Å². The highest BCUT2D eigenvalue weighted by molar-refractivity contribution is 6.09. The zero-order valence-electron chi connectivity index (χ0n) is 13.9. The minimum absolute atomic E-state index is 0.0604. The predicted octanol–water partition coefficient (Wildman–Crippen LogP) is 3.03. The molecule has 0 aliphatic heterocycles. The van der Waals surface area contributed by atoms with E-state index >= 15 is 0 Å². The predicted molar refractivity (Wildman–Crippen MR) is 90.6 cm³/mol. The molecular weight excluding hydrogens is 323 g/mol. The number of methoxy groups -OCH3 is 1. The summed E-state index contributed by atoms with van der Waals surface area (Å²) in [6.07, 6.45) is -0.222. The van der Waals surface area contributed by atoms with Crippen molar-refractivity contribution in [2.24, 2.45) is 5.92 Å². The van der Waals surface area contributed by atoms with Gasteiger partial charge in [0, 0.05) is 12.1 Å². The maximum atomic E-state index is 13.7. The Bertz CT molecular complexity index is 843. The molecule has 25 heavy (non-hydrogen) atoms. The zero-order valence-corrected chi connectivity index (χ0v) is 13.9. The second-order valence-corrected chi connectivity index (χ2v) is 5.53.